The number of unbranched alkanes of at least 4 members (excludes halogenated alkanes) is 2. The molecule has 0 aromatic rings. The number of aliphatic hydroxyl groups is 1. The van der Waals surface area contributed by atoms with Crippen LogP contribution in [-0.4, -0.2) is 18.7 Å². The monoisotopic (exact) mass is 167 g/mol. The molecule has 11 heavy (non-hydrogen) atoms. The molecule has 0 aromatic carbocycles. The SMILES string of the molecule is OCCCC/C=C/[B-](F)(F)F. The molecular weight excluding hydrogens is 156 g/mol. The fourth-order valence-corrected chi connectivity index (χ4v) is 0.625. The molecule has 0 aromatic heterocycles. The Bertz CT molecular complexity index is 121. The summed E-state index contributed by atoms with van der Waals surface area (Å²) in [7, 11) is 0. The maximum Gasteiger partial charge on any atom is 0.502 e. The Kier molecular flexibility index (Phi) is 5.03. The molecule has 1 nitrogen and oxygen atoms in total. The van der Waals surface area contributed by atoms with Crippen LogP contribution in [0.15, 0.2) is 12.1 Å². The number of hydrogen-bond donors (Lipinski definition) is 1. The lowest BCUT2D eigenvalue weighted by Crippen LogP contribution is -2.09. The highest BCUT2D eigenvalue weighted by atomic mass is 19.4. The van der Waals surface area contributed by atoms with E-state index in [1.54, 1.807) is 0 Å². The van der Waals surface area contributed by atoms with Gasteiger partial charge in [0.15, 0.2) is 0 Å². The molecule has 0 heterocycles. The van der Waals surface area contributed by atoms with Gasteiger partial charge in [-0.3, -0.25) is 0 Å². The predicted molar refractivity (Wildman–Crippen MR) is 39.2 cm³/mol. The molecule has 0 fully saturated rings. The molecule has 0 saturated heterocycles. The molecule has 0 radical (unpaired) electrons. The molecule has 5 heteroatoms. The van der Waals surface area contributed by atoms with Gasteiger partial charge in [-0.2, -0.15) is 0 Å². The highest BCUT2D eigenvalue weighted by molar-refractivity contribution is 6.64. The van der Waals surface area contributed by atoms with Crippen molar-refractivity contribution in [3.8, 4) is 0 Å². The Morgan fingerprint density at radius 3 is 2.27 bits per heavy atom. The number of hydrogen-bond acceptors (Lipinski definition) is 1. The lowest BCUT2D eigenvalue weighted by atomic mass is 9.91. The fraction of sp³-hybridized carbons (Fsp3) is 0.667. The summed E-state index contributed by atoms with van der Waals surface area (Å²) in [5, 5.41) is 8.28. The van der Waals surface area contributed by atoms with Gasteiger partial charge in [-0.05, 0) is 19.3 Å². The zero-order chi connectivity index (χ0) is 8.74. The smallest absolute Gasteiger partial charge is 0.445 e. The van der Waals surface area contributed by atoms with E-state index in [1.807, 2.05) is 0 Å². The van der Waals surface area contributed by atoms with Crippen LogP contribution in [0.3, 0.4) is 0 Å². The van der Waals surface area contributed by atoms with Crippen molar-refractivity contribution in [1.29, 1.82) is 0 Å². The van der Waals surface area contributed by atoms with Crippen molar-refractivity contribution in [2.75, 3.05) is 6.61 Å². The first-order valence-electron chi connectivity index (χ1n) is 3.55. The van der Waals surface area contributed by atoms with Crippen molar-refractivity contribution >= 4 is 6.98 Å². The summed E-state index contributed by atoms with van der Waals surface area (Å²) in [6, 6.07) is 0. The molecule has 1 N–H and O–H groups in total. The van der Waals surface area contributed by atoms with E-state index >= 15 is 0 Å². The van der Waals surface area contributed by atoms with Crippen LogP contribution < -0.4 is 0 Å². The van der Waals surface area contributed by atoms with Gasteiger partial charge in [-0.25, -0.2) is 0 Å². The summed E-state index contributed by atoms with van der Waals surface area (Å²) in [6.45, 7) is -4.72. The van der Waals surface area contributed by atoms with Crippen LogP contribution in [0.5, 0.6) is 0 Å². The van der Waals surface area contributed by atoms with Gasteiger partial charge in [-0.1, -0.05) is 0 Å². The number of rotatable bonds is 5. The Balaban J connectivity index is 3.30. The van der Waals surface area contributed by atoms with E-state index < -0.39 is 6.98 Å². The average Bonchev–Trinajstić information content (AvgIpc) is 1.85. The number of halogens is 3. The summed E-state index contributed by atoms with van der Waals surface area (Å²) < 4.78 is 34.5. The second-order valence-electron chi connectivity index (χ2n) is 2.27. The van der Waals surface area contributed by atoms with E-state index in [-0.39, 0.29) is 12.6 Å². The highest BCUT2D eigenvalue weighted by Crippen LogP contribution is 2.10. The Morgan fingerprint density at radius 2 is 1.82 bits per heavy atom. The maximum absolute atomic E-state index is 11.5. The molecule has 66 valence electrons. The molecule has 0 rings (SSSR count). The van der Waals surface area contributed by atoms with Gasteiger partial charge < -0.3 is 18.1 Å². The Hall–Kier alpha value is -0.445. The second-order valence-corrected chi connectivity index (χ2v) is 2.27. The van der Waals surface area contributed by atoms with Gasteiger partial charge in [0.05, 0.1) is 0 Å². The first kappa shape index (κ1) is 10.6. The van der Waals surface area contributed by atoms with Crippen molar-refractivity contribution < 1.29 is 18.1 Å². The van der Waals surface area contributed by atoms with Gasteiger partial charge in [-0.15, -0.1) is 12.1 Å². The molecule has 0 atom stereocenters. The zero-order valence-electron chi connectivity index (χ0n) is 6.14. The van der Waals surface area contributed by atoms with E-state index in [0.717, 1.165) is 6.08 Å². The van der Waals surface area contributed by atoms with Gasteiger partial charge in [0, 0.05) is 6.61 Å². The van der Waals surface area contributed by atoms with Gasteiger partial charge in [0.2, 0.25) is 0 Å². The molecule has 0 amide bonds. The van der Waals surface area contributed by atoms with Gasteiger partial charge >= 0.3 is 6.98 Å². The van der Waals surface area contributed by atoms with E-state index in [4.69, 9.17) is 5.11 Å². The molecule has 0 bridgehead atoms. The molecule has 0 saturated carbocycles. The summed E-state index contributed by atoms with van der Waals surface area (Å²) in [5.74, 6) is 0.289. The number of aliphatic hydroxyl groups excluding tert-OH is 1. The number of allylic oxidation sites excluding steroid dienone is 1. The zero-order valence-corrected chi connectivity index (χ0v) is 6.14. The van der Waals surface area contributed by atoms with Crippen molar-refractivity contribution in [2.24, 2.45) is 0 Å². The normalized spacial score (nSPS) is 12.7. The topological polar surface area (TPSA) is 20.2 Å². The fourth-order valence-electron chi connectivity index (χ4n) is 0.625. The highest BCUT2D eigenvalue weighted by Gasteiger charge is 2.16. The third kappa shape index (κ3) is 9.55. The summed E-state index contributed by atoms with van der Waals surface area (Å²) >= 11 is 0. The molecule has 0 spiro atoms. The first-order chi connectivity index (χ1) is 5.06. The lowest BCUT2D eigenvalue weighted by molar-refractivity contribution is 0.285. The average molecular weight is 167 g/mol. The van der Waals surface area contributed by atoms with Crippen LogP contribution in [0, 0.1) is 0 Å². The Labute approximate surface area is 64.0 Å². The summed E-state index contributed by atoms with van der Waals surface area (Å²) in [4.78, 5) is 0. The maximum atomic E-state index is 11.5. The molecule has 0 unspecified atom stereocenters. The molecular formula is C6H11BF3O-. The van der Waals surface area contributed by atoms with Gasteiger partial charge in [0.1, 0.15) is 0 Å². The van der Waals surface area contributed by atoms with Crippen molar-refractivity contribution in [3.05, 3.63) is 12.1 Å². The minimum Gasteiger partial charge on any atom is -0.445 e. The van der Waals surface area contributed by atoms with Crippen LogP contribution in [0.2, 0.25) is 0 Å². The summed E-state index contributed by atoms with van der Waals surface area (Å²) in [5.41, 5.74) is 0. The van der Waals surface area contributed by atoms with Crippen molar-refractivity contribution in [2.45, 2.75) is 19.3 Å². The molecule has 0 aliphatic carbocycles. The molecule has 0 aliphatic heterocycles. The standard InChI is InChI=1S/C6H11BF3O/c8-7(9,10)5-3-1-2-4-6-11/h3,5,11H,1-2,4,6H2/q-1/b5-3+. The van der Waals surface area contributed by atoms with E-state index in [2.05, 4.69) is 0 Å². The van der Waals surface area contributed by atoms with Crippen LogP contribution in [0.25, 0.3) is 0 Å². The van der Waals surface area contributed by atoms with E-state index in [1.165, 1.54) is 0 Å². The largest absolute Gasteiger partial charge is 0.502 e. The quantitative estimate of drug-likeness (QED) is 0.490. The summed E-state index contributed by atoms with van der Waals surface area (Å²) in [6.07, 6.45) is 2.67. The molecule has 0 aliphatic rings. The third-order valence-corrected chi connectivity index (χ3v) is 1.13. The predicted octanol–water partition coefficient (Wildman–Crippen LogP) is 2.09. The van der Waals surface area contributed by atoms with Crippen molar-refractivity contribution in [3.63, 3.8) is 0 Å². The van der Waals surface area contributed by atoms with E-state index in [0.29, 0.717) is 19.3 Å². The van der Waals surface area contributed by atoms with Crippen LogP contribution >= 0.6 is 0 Å². The lowest BCUT2D eigenvalue weighted by Gasteiger charge is -2.05. The Morgan fingerprint density at radius 1 is 1.18 bits per heavy atom. The van der Waals surface area contributed by atoms with Crippen LogP contribution in [-0.2, 0) is 0 Å². The first-order valence-corrected chi connectivity index (χ1v) is 3.55. The second kappa shape index (κ2) is 5.24. The van der Waals surface area contributed by atoms with Gasteiger partial charge in [0.25, 0.3) is 0 Å². The van der Waals surface area contributed by atoms with Crippen LogP contribution in [0.1, 0.15) is 19.3 Å². The van der Waals surface area contributed by atoms with Crippen LogP contribution in [0.4, 0.5) is 12.9 Å². The minimum absolute atomic E-state index is 0.0466. The third-order valence-electron chi connectivity index (χ3n) is 1.13. The minimum atomic E-state index is -4.76. The van der Waals surface area contributed by atoms with Crippen molar-refractivity contribution in [1.82, 2.24) is 0 Å². The van der Waals surface area contributed by atoms with E-state index in [9.17, 15) is 12.9 Å².